The third kappa shape index (κ3) is 1.36. The fourth-order valence-corrected chi connectivity index (χ4v) is 2.57. The van der Waals surface area contributed by atoms with Gasteiger partial charge in [0.05, 0.1) is 6.61 Å². The van der Waals surface area contributed by atoms with Gasteiger partial charge in [0.1, 0.15) is 0 Å². The molecular formula is C15H14O. The Labute approximate surface area is 95.4 Å². The molecule has 0 heterocycles. The van der Waals surface area contributed by atoms with Crippen LogP contribution in [0.3, 0.4) is 0 Å². The molecule has 0 aromatic heterocycles. The monoisotopic (exact) mass is 210 g/mol. The van der Waals surface area contributed by atoms with Gasteiger partial charge in [0.15, 0.2) is 0 Å². The van der Waals surface area contributed by atoms with E-state index in [1.807, 2.05) is 0 Å². The van der Waals surface area contributed by atoms with Gasteiger partial charge in [-0.3, -0.25) is 0 Å². The van der Waals surface area contributed by atoms with E-state index in [0.717, 1.165) is 0 Å². The first-order valence-corrected chi connectivity index (χ1v) is 5.67. The number of aliphatic hydroxyl groups is 1. The molecule has 2 unspecified atom stereocenters. The summed E-state index contributed by atoms with van der Waals surface area (Å²) in [6, 6.07) is 8.43. The molecule has 0 aliphatic heterocycles. The number of rotatable bonds is 1. The molecule has 2 atom stereocenters. The second kappa shape index (κ2) is 3.76. The van der Waals surface area contributed by atoms with Crippen molar-refractivity contribution in [2.24, 2.45) is 11.8 Å². The summed E-state index contributed by atoms with van der Waals surface area (Å²) in [5.41, 5.74) is 3.91. The van der Waals surface area contributed by atoms with Gasteiger partial charge in [0.25, 0.3) is 0 Å². The molecular weight excluding hydrogens is 196 g/mol. The maximum atomic E-state index is 9.37. The van der Waals surface area contributed by atoms with E-state index < -0.39 is 0 Å². The van der Waals surface area contributed by atoms with E-state index in [1.54, 1.807) is 0 Å². The summed E-state index contributed by atoms with van der Waals surface area (Å²) in [6.45, 7) is 0.213. The van der Waals surface area contributed by atoms with Crippen LogP contribution in [-0.2, 0) is 0 Å². The Kier molecular flexibility index (Phi) is 2.26. The topological polar surface area (TPSA) is 20.2 Å². The second-order valence-corrected chi connectivity index (χ2v) is 4.33. The SMILES string of the molecule is OCC1C=CC=C2c3ccccc3C=CC21. The first-order valence-electron chi connectivity index (χ1n) is 5.67. The van der Waals surface area contributed by atoms with Crippen molar-refractivity contribution in [3.63, 3.8) is 0 Å². The minimum absolute atomic E-state index is 0.213. The number of hydrogen-bond acceptors (Lipinski definition) is 1. The summed E-state index contributed by atoms with van der Waals surface area (Å²) in [4.78, 5) is 0. The van der Waals surface area contributed by atoms with E-state index >= 15 is 0 Å². The quantitative estimate of drug-likeness (QED) is 0.755. The fourth-order valence-electron chi connectivity index (χ4n) is 2.57. The Morgan fingerprint density at radius 2 is 2.00 bits per heavy atom. The average Bonchev–Trinajstić information content (AvgIpc) is 2.37. The lowest BCUT2D eigenvalue weighted by Crippen LogP contribution is -2.20. The predicted molar refractivity (Wildman–Crippen MR) is 66.7 cm³/mol. The Morgan fingerprint density at radius 3 is 2.88 bits per heavy atom. The molecule has 3 rings (SSSR count). The summed E-state index contributed by atoms with van der Waals surface area (Å²) in [5.74, 6) is 0.564. The van der Waals surface area contributed by atoms with E-state index in [0.29, 0.717) is 5.92 Å². The van der Waals surface area contributed by atoms with Crippen LogP contribution in [0.4, 0.5) is 0 Å². The Balaban J connectivity index is 2.12. The number of hydrogen-bond donors (Lipinski definition) is 1. The summed E-state index contributed by atoms with van der Waals surface area (Å²) in [6.07, 6.45) is 10.7. The summed E-state index contributed by atoms with van der Waals surface area (Å²) in [5, 5.41) is 9.37. The number of aliphatic hydroxyl groups excluding tert-OH is 1. The maximum absolute atomic E-state index is 9.37. The van der Waals surface area contributed by atoms with Crippen molar-refractivity contribution < 1.29 is 5.11 Å². The van der Waals surface area contributed by atoms with Crippen LogP contribution in [0.25, 0.3) is 11.6 Å². The van der Waals surface area contributed by atoms with Crippen molar-refractivity contribution in [2.45, 2.75) is 0 Å². The number of fused-ring (bicyclic) bond motifs is 3. The summed E-state index contributed by atoms with van der Waals surface area (Å²) < 4.78 is 0. The molecule has 0 saturated heterocycles. The third-order valence-corrected chi connectivity index (χ3v) is 3.42. The van der Waals surface area contributed by atoms with E-state index in [-0.39, 0.29) is 12.5 Å². The molecule has 1 heteroatoms. The van der Waals surface area contributed by atoms with Gasteiger partial charge < -0.3 is 5.11 Å². The highest BCUT2D eigenvalue weighted by atomic mass is 16.3. The maximum Gasteiger partial charge on any atom is 0.0502 e. The molecule has 0 saturated carbocycles. The van der Waals surface area contributed by atoms with Crippen molar-refractivity contribution >= 4 is 11.6 Å². The number of allylic oxidation sites excluding steroid dienone is 4. The Morgan fingerprint density at radius 1 is 1.12 bits per heavy atom. The van der Waals surface area contributed by atoms with Crippen LogP contribution in [0.2, 0.25) is 0 Å². The minimum atomic E-state index is 0.213. The molecule has 80 valence electrons. The molecule has 1 aromatic carbocycles. The first kappa shape index (κ1) is 9.61. The normalized spacial score (nSPS) is 25.9. The molecule has 0 bridgehead atoms. The molecule has 0 radical (unpaired) electrons. The predicted octanol–water partition coefficient (Wildman–Crippen LogP) is 2.89. The van der Waals surface area contributed by atoms with Gasteiger partial charge in [-0.25, -0.2) is 0 Å². The van der Waals surface area contributed by atoms with Crippen LogP contribution in [-0.4, -0.2) is 11.7 Å². The van der Waals surface area contributed by atoms with Crippen LogP contribution in [0.5, 0.6) is 0 Å². The highest BCUT2D eigenvalue weighted by Gasteiger charge is 2.26. The molecule has 2 aliphatic carbocycles. The van der Waals surface area contributed by atoms with Crippen molar-refractivity contribution in [2.75, 3.05) is 6.61 Å². The lowest BCUT2D eigenvalue weighted by Gasteiger charge is -2.29. The summed E-state index contributed by atoms with van der Waals surface area (Å²) >= 11 is 0. The van der Waals surface area contributed by atoms with E-state index in [4.69, 9.17) is 0 Å². The van der Waals surface area contributed by atoms with Gasteiger partial charge in [0, 0.05) is 11.8 Å². The molecule has 1 nitrogen and oxygen atoms in total. The van der Waals surface area contributed by atoms with Gasteiger partial charge in [0.2, 0.25) is 0 Å². The van der Waals surface area contributed by atoms with Crippen LogP contribution in [0, 0.1) is 11.8 Å². The van der Waals surface area contributed by atoms with Gasteiger partial charge in [-0.15, -0.1) is 0 Å². The zero-order valence-electron chi connectivity index (χ0n) is 9.01. The van der Waals surface area contributed by atoms with E-state index in [1.165, 1.54) is 16.7 Å². The van der Waals surface area contributed by atoms with Crippen molar-refractivity contribution in [1.82, 2.24) is 0 Å². The standard InChI is InChI=1S/C15H14O/c16-10-12-5-3-7-15-13-6-2-1-4-11(13)8-9-14(12)15/h1-9,12,14,16H,10H2. The van der Waals surface area contributed by atoms with Crippen LogP contribution in [0.15, 0.2) is 48.6 Å². The highest BCUT2D eigenvalue weighted by molar-refractivity contribution is 5.82. The lowest BCUT2D eigenvalue weighted by atomic mass is 9.75. The van der Waals surface area contributed by atoms with E-state index in [9.17, 15) is 5.11 Å². The minimum Gasteiger partial charge on any atom is -0.396 e. The smallest absolute Gasteiger partial charge is 0.0502 e. The van der Waals surface area contributed by atoms with Gasteiger partial charge >= 0.3 is 0 Å². The Bertz CT molecular complexity index is 494. The fraction of sp³-hybridized carbons (Fsp3) is 0.200. The molecule has 2 aliphatic rings. The van der Waals surface area contributed by atoms with Crippen molar-refractivity contribution in [1.29, 1.82) is 0 Å². The molecule has 0 spiro atoms. The van der Waals surface area contributed by atoms with Gasteiger partial charge in [-0.05, 0) is 16.7 Å². The lowest BCUT2D eigenvalue weighted by molar-refractivity contribution is 0.239. The number of benzene rings is 1. The molecule has 0 fully saturated rings. The van der Waals surface area contributed by atoms with Gasteiger partial charge in [-0.2, -0.15) is 0 Å². The zero-order valence-corrected chi connectivity index (χ0v) is 9.01. The summed E-state index contributed by atoms with van der Waals surface area (Å²) in [7, 11) is 0. The van der Waals surface area contributed by atoms with Crippen molar-refractivity contribution in [3.05, 3.63) is 59.7 Å². The van der Waals surface area contributed by atoms with E-state index in [2.05, 4.69) is 54.6 Å². The Hall–Kier alpha value is -1.60. The van der Waals surface area contributed by atoms with Gasteiger partial charge in [-0.1, -0.05) is 54.6 Å². The van der Waals surface area contributed by atoms with Crippen LogP contribution in [0.1, 0.15) is 11.1 Å². The second-order valence-electron chi connectivity index (χ2n) is 4.33. The van der Waals surface area contributed by atoms with Crippen molar-refractivity contribution in [3.8, 4) is 0 Å². The van der Waals surface area contributed by atoms with Crippen LogP contribution >= 0.6 is 0 Å². The zero-order chi connectivity index (χ0) is 11.0. The largest absolute Gasteiger partial charge is 0.396 e. The third-order valence-electron chi connectivity index (χ3n) is 3.42. The first-order chi connectivity index (χ1) is 7.90. The highest BCUT2D eigenvalue weighted by Crippen LogP contribution is 2.39. The molecule has 16 heavy (non-hydrogen) atoms. The molecule has 1 aromatic rings. The molecule has 1 N–H and O–H groups in total. The molecule has 0 amide bonds. The van der Waals surface area contributed by atoms with Crippen LogP contribution < -0.4 is 0 Å². The average molecular weight is 210 g/mol.